The molecule has 1 unspecified atom stereocenters. The zero-order chi connectivity index (χ0) is 14.9. The molecule has 6 heteroatoms. The van der Waals surface area contributed by atoms with Crippen LogP contribution in [0.3, 0.4) is 0 Å². The monoisotopic (exact) mass is 408 g/mol. The topological polar surface area (TPSA) is 20.2 Å². The third-order valence-corrected chi connectivity index (χ3v) is 3.75. The Kier molecular flexibility index (Phi) is 4.88. The van der Waals surface area contributed by atoms with Crippen LogP contribution in [-0.4, -0.2) is 5.11 Å². The second-order valence-electron chi connectivity index (χ2n) is 4.24. The first-order valence-electron chi connectivity index (χ1n) is 5.65. The van der Waals surface area contributed by atoms with Crippen molar-refractivity contribution in [2.75, 3.05) is 0 Å². The van der Waals surface area contributed by atoms with Crippen LogP contribution in [-0.2, 0) is 6.42 Å². The van der Waals surface area contributed by atoms with Crippen LogP contribution in [0.25, 0.3) is 0 Å². The summed E-state index contributed by atoms with van der Waals surface area (Å²) in [5.41, 5.74) is -0.291. The van der Waals surface area contributed by atoms with Crippen LogP contribution in [0.1, 0.15) is 17.2 Å². The molecule has 2 rings (SSSR count). The van der Waals surface area contributed by atoms with Gasteiger partial charge < -0.3 is 5.11 Å². The Labute approximate surface area is 130 Å². The van der Waals surface area contributed by atoms with Gasteiger partial charge in [-0.1, -0.05) is 31.9 Å². The van der Waals surface area contributed by atoms with E-state index in [2.05, 4.69) is 31.9 Å². The molecule has 0 aliphatic rings. The number of aliphatic hydroxyl groups excluding tert-OH is 1. The fraction of sp³-hybridized carbons (Fsp3) is 0.143. The summed E-state index contributed by atoms with van der Waals surface area (Å²) in [6.45, 7) is 0. The van der Waals surface area contributed by atoms with Crippen molar-refractivity contribution < 1.29 is 18.3 Å². The number of benzene rings is 2. The highest BCUT2D eigenvalue weighted by atomic mass is 79.9. The number of halogens is 5. The lowest BCUT2D eigenvalue weighted by molar-refractivity contribution is 0.167. The Bertz CT molecular complexity index is 623. The second-order valence-corrected chi connectivity index (χ2v) is 6.07. The van der Waals surface area contributed by atoms with Crippen LogP contribution >= 0.6 is 31.9 Å². The summed E-state index contributed by atoms with van der Waals surface area (Å²) in [6.07, 6.45) is -1.69. The van der Waals surface area contributed by atoms with E-state index in [0.29, 0.717) is 4.47 Å². The van der Waals surface area contributed by atoms with Gasteiger partial charge in [-0.15, -0.1) is 0 Å². The molecule has 0 amide bonds. The van der Waals surface area contributed by atoms with Crippen molar-refractivity contribution in [2.45, 2.75) is 12.5 Å². The lowest BCUT2D eigenvalue weighted by atomic mass is 10.00. The van der Waals surface area contributed by atoms with Crippen molar-refractivity contribution in [3.63, 3.8) is 0 Å². The fourth-order valence-electron chi connectivity index (χ4n) is 1.88. The molecule has 0 heterocycles. The third-order valence-electron chi connectivity index (χ3n) is 2.80. The molecule has 0 spiro atoms. The normalized spacial score (nSPS) is 12.5. The van der Waals surface area contributed by atoms with Gasteiger partial charge in [-0.05, 0) is 35.9 Å². The van der Waals surface area contributed by atoms with E-state index in [-0.39, 0.29) is 16.5 Å². The van der Waals surface area contributed by atoms with Gasteiger partial charge in [-0.3, -0.25) is 0 Å². The minimum Gasteiger partial charge on any atom is -0.388 e. The quantitative estimate of drug-likeness (QED) is 0.763. The van der Waals surface area contributed by atoms with E-state index in [4.69, 9.17) is 0 Å². The van der Waals surface area contributed by atoms with Crippen molar-refractivity contribution >= 4 is 31.9 Å². The van der Waals surface area contributed by atoms with Gasteiger partial charge in [-0.25, -0.2) is 13.2 Å². The number of aliphatic hydroxyl groups is 1. The van der Waals surface area contributed by atoms with Gasteiger partial charge in [0, 0.05) is 15.4 Å². The molecule has 0 aliphatic carbocycles. The Morgan fingerprint density at radius 2 is 1.50 bits per heavy atom. The van der Waals surface area contributed by atoms with Crippen molar-refractivity contribution in [2.24, 2.45) is 0 Å². The van der Waals surface area contributed by atoms with Crippen LogP contribution in [0.15, 0.2) is 39.3 Å². The summed E-state index contributed by atoms with van der Waals surface area (Å²) >= 11 is 6.13. The maximum Gasteiger partial charge on any atom is 0.133 e. The molecule has 0 radical (unpaired) electrons. The first-order valence-corrected chi connectivity index (χ1v) is 7.23. The molecular weight excluding hydrogens is 401 g/mol. The van der Waals surface area contributed by atoms with Crippen molar-refractivity contribution in [3.8, 4) is 0 Å². The maximum atomic E-state index is 13.7. The lowest BCUT2D eigenvalue weighted by Gasteiger charge is -2.14. The van der Waals surface area contributed by atoms with Gasteiger partial charge in [0.1, 0.15) is 17.5 Å². The van der Waals surface area contributed by atoms with Gasteiger partial charge >= 0.3 is 0 Å². The Morgan fingerprint density at radius 3 is 2.10 bits per heavy atom. The molecule has 0 aliphatic heterocycles. The highest BCUT2D eigenvalue weighted by Crippen LogP contribution is 2.28. The first kappa shape index (κ1) is 15.5. The molecule has 0 saturated carbocycles. The Hall–Kier alpha value is -0.850. The number of hydrogen-bond donors (Lipinski definition) is 1. The minimum atomic E-state index is -1.47. The molecule has 0 bridgehead atoms. The average molecular weight is 410 g/mol. The molecule has 1 atom stereocenters. The predicted octanol–water partition coefficient (Wildman–Crippen LogP) is 4.91. The zero-order valence-electron chi connectivity index (χ0n) is 10.0. The van der Waals surface area contributed by atoms with Gasteiger partial charge in [0.15, 0.2) is 0 Å². The molecule has 0 aromatic heterocycles. The largest absolute Gasteiger partial charge is 0.388 e. The minimum absolute atomic E-state index is 0.175. The molecule has 1 N–H and O–H groups in total. The van der Waals surface area contributed by atoms with Crippen molar-refractivity contribution in [3.05, 3.63) is 67.9 Å². The lowest BCUT2D eigenvalue weighted by Crippen LogP contribution is -2.08. The zero-order valence-corrected chi connectivity index (χ0v) is 13.2. The molecule has 2 aromatic carbocycles. The van der Waals surface area contributed by atoms with E-state index in [9.17, 15) is 18.3 Å². The van der Waals surface area contributed by atoms with Gasteiger partial charge in [0.2, 0.25) is 0 Å². The predicted molar refractivity (Wildman–Crippen MR) is 76.8 cm³/mol. The average Bonchev–Trinajstić information content (AvgIpc) is 2.32. The summed E-state index contributed by atoms with van der Waals surface area (Å²) in [5.74, 6) is -2.29. The van der Waals surface area contributed by atoms with E-state index >= 15 is 0 Å². The molecular formula is C14H9Br2F3O. The van der Waals surface area contributed by atoms with Crippen LogP contribution in [0, 0.1) is 17.5 Å². The highest BCUT2D eigenvalue weighted by molar-refractivity contribution is 9.10. The van der Waals surface area contributed by atoms with E-state index < -0.39 is 29.1 Å². The first-order chi connectivity index (χ1) is 9.38. The van der Waals surface area contributed by atoms with Crippen LogP contribution in [0.2, 0.25) is 0 Å². The SMILES string of the molecule is OC(Cc1cc(Br)ccc1F)c1c(F)cc(Br)cc1F. The second kappa shape index (κ2) is 6.28. The van der Waals surface area contributed by atoms with Gasteiger partial charge in [0.25, 0.3) is 0 Å². The molecule has 0 saturated heterocycles. The van der Waals surface area contributed by atoms with Gasteiger partial charge in [0.05, 0.1) is 11.7 Å². The molecule has 106 valence electrons. The highest BCUT2D eigenvalue weighted by Gasteiger charge is 2.20. The number of hydrogen-bond acceptors (Lipinski definition) is 1. The fourth-order valence-corrected chi connectivity index (χ4v) is 2.69. The van der Waals surface area contributed by atoms with E-state index in [1.54, 1.807) is 0 Å². The molecule has 1 nitrogen and oxygen atoms in total. The Morgan fingerprint density at radius 1 is 0.900 bits per heavy atom. The smallest absolute Gasteiger partial charge is 0.133 e. The maximum absolute atomic E-state index is 13.7. The van der Waals surface area contributed by atoms with E-state index in [1.165, 1.54) is 18.2 Å². The summed E-state index contributed by atoms with van der Waals surface area (Å²) in [4.78, 5) is 0. The molecule has 20 heavy (non-hydrogen) atoms. The van der Waals surface area contributed by atoms with Gasteiger partial charge in [-0.2, -0.15) is 0 Å². The molecule has 2 aromatic rings. The van der Waals surface area contributed by atoms with Crippen LogP contribution in [0.5, 0.6) is 0 Å². The summed E-state index contributed by atoms with van der Waals surface area (Å²) in [5, 5.41) is 9.96. The van der Waals surface area contributed by atoms with Crippen LogP contribution < -0.4 is 0 Å². The van der Waals surface area contributed by atoms with Crippen molar-refractivity contribution in [1.82, 2.24) is 0 Å². The van der Waals surface area contributed by atoms with Crippen LogP contribution in [0.4, 0.5) is 13.2 Å². The van der Waals surface area contributed by atoms with E-state index in [0.717, 1.165) is 12.1 Å². The van der Waals surface area contributed by atoms with Crippen molar-refractivity contribution in [1.29, 1.82) is 0 Å². The number of rotatable bonds is 3. The third kappa shape index (κ3) is 3.42. The summed E-state index contributed by atoms with van der Waals surface area (Å²) in [7, 11) is 0. The Balaban J connectivity index is 2.33. The molecule has 0 fully saturated rings. The standard InChI is InChI=1S/C14H9Br2F3O/c15-8-1-2-10(17)7(3-8)4-13(20)14-11(18)5-9(16)6-12(14)19/h1-3,5-6,13,20H,4H2. The van der Waals surface area contributed by atoms with E-state index in [1.807, 2.05) is 0 Å². The summed E-state index contributed by atoms with van der Waals surface area (Å²) < 4.78 is 41.9. The summed E-state index contributed by atoms with van der Waals surface area (Å²) in [6, 6.07) is 6.30.